The quantitative estimate of drug-likeness (QED) is 0.427. The Morgan fingerprint density at radius 1 is 1.19 bits per heavy atom. The number of hydrogen-bond acceptors (Lipinski definition) is 5. The standard InChI is InChI=1S/C20H19N3O2S/c1-23(2)11-10-13-12-21-15-7-5-8-16(18(13)15)25-20(24)19-22-14-6-3-4-9-17(14)26-19/h3-9,12,21H,10-11H2,1-2H3. The number of H-pyrrole nitrogens is 1. The Labute approximate surface area is 155 Å². The second-order valence-corrected chi connectivity index (χ2v) is 7.45. The SMILES string of the molecule is CN(C)CCc1c[nH]c2cccc(OC(=O)c3nc4ccccc4s3)c12. The van der Waals surface area contributed by atoms with E-state index in [2.05, 4.69) is 14.9 Å². The number of aromatic amines is 1. The highest BCUT2D eigenvalue weighted by molar-refractivity contribution is 7.20. The molecule has 6 heteroatoms. The van der Waals surface area contributed by atoms with Crippen LogP contribution in [0.25, 0.3) is 21.1 Å². The largest absolute Gasteiger partial charge is 0.420 e. The lowest BCUT2D eigenvalue weighted by atomic mass is 10.1. The Hall–Kier alpha value is -2.70. The second-order valence-electron chi connectivity index (χ2n) is 6.42. The minimum atomic E-state index is -0.418. The van der Waals surface area contributed by atoms with Crippen LogP contribution in [-0.2, 0) is 6.42 Å². The average Bonchev–Trinajstić information content (AvgIpc) is 3.24. The van der Waals surface area contributed by atoms with Crippen LogP contribution in [0.1, 0.15) is 15.4 Å². The number of carbonyl (C=O) groups excluding carboxylic acids is 1. The Morgan fingerprint density at radius 2 is 2.04 bits per heavy atom. The zero-order chi connectivity index (χ0) is 18.1. The number of rotatable bonds is 5. The number of fused-ring (bicyclic) bond motifs is 2. The third-order valence-electron chi connectivity index (χ3n) is 4.25. The molecule has 0 atom stereocenters. The topological polar surface area (TPSA) is 58.2 Å². The molecule has 4 aromatic rings. The molecule has 0 aliphatic heterocycles. The first kappa shape index (κ1) is 16.8. The molecule has 4 rings (SSSR count). The van der Waals surface area contributed by atoms with Gasteiger partial charge in [0.2, 0.25) is 5.01 Å². The van der Waals surface area contributed by atoms with E-state index in [0.717, 1.165) is 39.6 Å². The van der Waals surface area contributed by atoms with Gasteiger partial charge in [0.25, 0.3) is 0 Å². The lowest BCUT2D eigenvalue weighted by molar-refractivity contribution is 0.0737. The Bertz CT molecular complexity index is 1050. The molecule has 0 fully saturated rings. The van der Waals surface area contributed by atoms with E-state index < -0.39 is 5.97 Å². The van der Waals surface area contributed by atoms with Crippen LogP contribution >= 0.6 is 11.3 Å². The van der Waals surface area contributed by atoms with Gasteiger partial charge >= 0.3 is 5.97 Å². The van der Waals surface area contributed by atoms with Crippen LogP contribution in [0.2, 0.25) is 0 Å². The third-order valence-corrected chi connectivity index (χ3v) is 5.27. The first-order valence-corrected chi connectivity index (χ1v) is 9.25. The van der Waals surface area contributed by atoms with Crippen molar-refractivity contribution in [2.75, 3.05) is 20.6 Å². The van der Waals surface area contributed by atoms with Gasteiger partial charge in [0, 0.05) is 23.6 Å². The number of esters is 1. The average molecular weight is 365 g/mol. The fourth-order valence-corrected chi connectivity index (χ4v) is 3.79. The minimum Gasteiger partial charge on any atom is -0.420 e. The fraction of sp³-hybridized carbons (Fsp3) is 0.200. The van der Waals surface area contributed by atoms with Gasteiger partial charge in [-0.25, -0.2) is 9.78 Å². The number of nitrogens with zero attached hydrogens (tertiary/aromatic N) is 2. The number of aromatic nitrogens is 2. The molecular weight excluding hydrogens is 346 g/mol. The molecule has 0 saturated heterocycles. The Kier molecular flexibility index (Phi) is 4.44. The van der Waals surface area contributed by atoms with Crippen LogP contribution in [0.3, 0.4) is 0 Å². The van der Waals surface area contributed by atoms with E-state index in [9.17, 15) is 4.79 Å². The number of thiazole rings is 1. The molecule has 0 radical (unpaired) electrons. The molecule has 5 nitrogen and oxygen atoms in total. The van der Waals surface area contributed by atoms with Gasteiger partial charge in [-0.2, -0.15) is 0 Å². The Morgan fingerprint density at radius 3 is 2.85 bits per heavy atom. The molecule has 132 valence electrons. The zero-order valence-electron chi connectivity index (χ0n) is 14.7. The van der Waals surface area contributed by atoms with Gasteiger partial charge in [0.15, 0.2) is 0 Å². The predicted molar refractivity (Wildman–Crippen MR) is 105 cm³/mol. The van der Waals surface area contributed by atoms with E-state index in [-0.39, 0.29) is 0 Å². The summed E-state index contributed by atoms with van der Waals surface area (Å²) >= 11 is 1.35. The maximum absolute atomic E-state index is 12.6. The molecule has 0 aliphatic rings. The normalized spacial score (nSPS) is 11.5. The third kappa shape index (κ3) is 3.21. The summed E-state index contributed by atoms with van der Waals surface area (Å²) in [7, 11) is 4.09. The van der Waals surface area contributed by atoms with Crippen LogP contribution in [0.4, 0.5) is 0 Å². The van der Waals surface area contributed by atoms with Crippen LogP contribution < -0.4 is 4.74 Å². The van der Waals surface area contributed by atoms with Gasteiger partial charge in [0.05, 0.1) is 10.2 Å². The van der Waals surface area contributed by atoms with Crippen molar-refractivity contribution in [3.63, 3.8) is 0 Å². The van der Waals surface area contributed by atoms with Gasteiger partial charge in [0.1, 0.15) is 5.75 Å². The van der Waals surface area contributed by atoms with Crippen molar-refractivity contribution in [3.05, 3.63) is 59.2 Å². The van der Waals surface area contributed by atoms with Crippen molar-refractivity contribution in [1.82, 2.24) is 14.9 Å². The van der Waals surface area contributed by atoms with Gasteiger partial charge in [-0.05, 0) is 50.3 Å². The second kappa shape index (κ2) is 6.90. The maximum atomic E-state index is 12.6. The summed E-state index contributed by atoms with van der Waals surface area (Å²) in [4.78, 5) is 22.4. The van der Waals surface area contributed by atoms with Crippen LogP contribution in [0.5, 0.6) is 5.75 Å². The first-order valence-electron chi connectivity index (χ1n) is 8.43. The summed E-state index contributed by atoms with van der Waals surface area (Å²) in [5.74, 6) is 0.153. The van der Waals surface area contributed by atoms with Crippen molar-refractivity contribution in [2.24, 2.45) is 0 Å². The highest BCUT2D eigenvalue weighted by Crippen LogP contribution is 2.30. The number of ether oxygens (including phenoxy) is 1. The van der Waals surface area contributed by atoms with Crippen LogP contribution in [-0.4, -0.2) is 41.5 Å². The lowest BCUT2D eigenvalue weighted by Gasteiger charge is -2.10. The minimum absolute atomic E-state index is 0.369. The molecule has 0 saturated carbocycles. The number of para-hydroxylation sites is 1. The number of carbonyl (C=O) groups is 1. The highest BCUT2D eigenvalue weighted by atomic mass is 32.1. The first-order chi connectivity index (χ1) is 12.6. The van der Waals surface area contributed by atoms with Crippen molar-refractivity contribution in [1.29, 1.82) is 0 Å². The van der Waals surface area contributed by atoms with Crippen molar-refractivity contribution in [3.8, 4) is 5.75 Å². The van der Waals surface area contributed by atoms with Crippen LogP contribution in [0.15, 0.2) is 48.7 Å². The molecule has 26 heavy (non-hydrogen) atoms. The highest BCUT2D eigenvalue weighted by Gasteiger charge is 2.17. The molecule has 0 bridgehead atoms. The molecule has 0 unspecified atom stereocenters. The molecule has 0 amide bonds. The van der Waals surface area contributed by atoms with Crippen molar-refractivity contribution < 1.29 is 9.53 Å². The zero-order valence-corrected chi connectivity index (χ0v) is 15.5. The summed E-state index contributed by atoms with van der Waals surface area (Å²) in [5.41, 5.74) is 2.92. The summed E-state index contributed by atoms with van der Waals surface area (Å²) in [6.07, 6.45) is 2.87. The molecule has 2 heterocycles. The van der Waals surface area contributed by atoms with Gasteiger partial charge in [-0.1, -0.05) is 18.2 Å². The van der Waals surface area contributed by atoms with E-state index in [1.165, 1.54) is 11.3 Å². The number of benzene rings is 2. The number of hydrogen-bond donors (Lipinski definition) is 1. The van der Waals surface area contributed by atoms with Crippen LogP contribution in [0, 0.1) is 0 Å². The molecule has 2 aromatic carbocycles. The molecular formula is C20H19N3O2S. The molecule has 1 N–H and O–H groups in total. The number of likely N-dealkylation sites (N-methyl/N-ethyl adjacent to an activating group) is 1. The smallest absolute Gasteiger partial charge is 0.372 e. The van der Waals surface area contributed by atoms with Crippen molar-refractivity contribution in [2.45, 2.75) is 6.42 Å². The van der Waals surface area contributed by atoms with Gasteiger partial charge in [-0.15, -0.1) is 11.3 Å². The van der Waals surface area contributed by atoms with Gasteiger partial charge < -0.3 is 14.6 Å². The molecule has 0 aliphatic carbocycles. The van der Waals surface area contributed by atoms with E-state index in [4.69, 9.17) is 4.74 Å². The van der Waals surface area contributed by atoms with E-state index in [1.54, 1.807) is 0 Å². The molecule has 2 aromatic heterocycles. The fourth-order valence-electron chi connectivity index (χ4n) is 2.95. The van der Waals surface area contributed by atoms with Gasteiger partial charge in [-0.3, -0.25) is 0 Å². The molecule has 0 spiro atoms. The van der Waals surface area contributed by atoms with E-state index in [1.807, 2.05) is 62.8 Å². The maximum Gasteiger partial charge on any atom is 0.372 e. The predicted octanol–water partition coefficient (Wildman–Crippen LogP) is 4.10. The summed E-state index contributed by atoms with van der Waals surface area (Å²) in [6.45, 7) is 0.924. The summed E-state index contributed by atoms with van der Waals surface area (Å²) in [5, 5.41) is 1.33. The Balaban J connectivity index is 1.65. The lowest BCUT2D eigenvalue weighted by Crippen LogP contribution is -2.15. The monoisotopic (exact) mass is 365 g/mol. The summed E-state index contributed by atoms with van der Waals surface area (Å²) < 4.78 is 6.70. The summed E-state index contributed by atoms with van der Waals surface area (Å²) in [6, 6.07) is 13.4. The van der Waals surface area contributed by atoms with E-state index >= 15 is 0 Å². The van der Waals surface area contributed by atoms with Crippen molar-refractivity contribution >= 4 is 38.4 Å². The van der Waals surface area contributed by atoms with E-state index in [0.29, 0.717) is 10.8 Å². The number of nitrogens with one attached hydrogen (secondary N) is 1.